The zero-order chi connectivity index (χ0) is 9.97. The molecule has 0 aliphatic heterocycles. The van der Waals surface area contributed by atoms with E-state index in [9.17, 15) is 0 Å². The molecule has 0 aliphatic carbocycles. The Morgan fingerprint density at radius 2 is 1.79 bits per heavy atom. The highest BCUT2D eigenvalue weighted by Crippen LogP contribution is 2.31. The number of aromatic nitrogens is 1. The summed E-state index contributed by atoms with van der Waals surface area (Å²) < 4.78 is 0. The second-order valence-corrected chi connectivity index (χ2v) is 3.32. The highest BCUT2D eigenvalue weighted by atomic mass is 35.5. The first-order valence-electron chi connectivity index (χ1n) is 4.23. The molecule has 1 heterocycles. The van der Waals surface area contributed by atoms with Crippen LogP contribution in [0.4, 0.5) is 5.69 Å². The van der Waals surface area contributed by atoms with Crippen molar-refractivity contribution in [3.05, 3.63) is 47.7 Å². The molecule has 3 heteroatoms. The van der Waals surface area contributed by atoms with Gasteiger partial charge in [-0.25, -0.2) is 0 Å². The van der Waals surface area contributed by atoms with E-state index in [4.69, 9.17) is 17.3 Å². The molecule has 14 heavy (non-hydrogen) atoms. The molecule has 2 aromatic rings. The molecule has 0 unspecified atom stereocenters. The van der Waals surface area contributed by atoms with Gasteiger partial charge in [-0.15, -0.1) is 0 Å². The van der Waals surface area contributed by atoms with Crippen LogP contribution in [0.3, 0.4) is 0 Å². The molecule has 1 aromatic heterocycles. The fourth-order valence-corrected chi connectivity index (χ4v) is 1.54. The van der Waals surface area contributed by atoms with Gasteiger partial charge in [0.15, 0.2) is 0 Å². The fourth-order valence-electron chi connectivity index (χ4n) is 1.30. The van der Waals surface area contributed by atoms with E-state index in [1.54, 1.807) is 18.5 Å². The first kappa shape index (κ1) is 9.03. The summed E-state index contributed by atoms with van der Waals surface area (Å²) in [6, 6.07) is 9.42. The van der Waals surface area contributed by atoms with E-state index in [1.807, 2.05) is 24.3 Å². The molecular formula is C11H9ClN2. The van der Waals surface area contributed by atoms with E-state index in [1.165, 1.54) is 0 Å². The van der Waals surface area contributed by atoms with Gasteiger partial charge >= 0.3 is 0 Å². The van der Waals surface area contributed by atoms with Gasteiger partial charge in [0.1, 0.15) is 0 Å². The van der Waals surface area contributed by atoms with Gasteiger partial charge in [-0.2, -0.15) is 0 Å². The quantitative estimate of drug-likeness (QED) is 0.726. The average Bonchev–Trinajstić information content (AvgIpc) is 2.23. The molecule has 70 valence electrons. The number of pyridine rings is 1. The van der Waals surface area contributed by atoms with E-state index in [-0.39, 0.29) is 0 Å². The van der Waals surface area contributed by atoms with E-state index in [2.05, 4.69) is 4.98 Å². The lowest BCUT2D eigenvalue weighted by molar-refractivity contribution is 1.33. The third-order valence-corrected chi connectivity index (χ3v) is 2.44. The standard InChI is InChI=1S/C11H9ClN2/c12-11-9(2-1-3-10(11)13)8-4-6-14-7-5-8/h1-7H,13H2. The summed E-state index contributed by atoms with van der Waals surface area (Å²) in [7, 11) is 0. The number of halogens is 1. The zero-order valence-electron chi connectivity index (χ0n) is 7.44. The Balaban J connectivity index is 2.58. The molecule has 2 nitrogen and oxygen atoms in total. The van der Waals surface area contributed by atoms with Crippen molar-refractivity contribution < 1.29 is 0 Å². The minimum absolute atomic E-state index is 0.596. The monoisotopic (exact) mass is 204 g/mol. The average molecular weight is 205 g/mol. The highest BCUT2D eigenvalue weighted by Gasteiger charge is 2.04. The molecule has 2 rings (SSSR count). The van der Waals surface area contributed by atoms with E-state index < -0.39 is 0 Å². The zero-order valence-corrected chi connectivity index (χ0v) is 8.20. The van der Waals surface area contributed by atoms with Crippen LogP contribution < -0.4 is 5.73 Å². The summed E-state index contributed by atoms with van der Waals surface area (Å²) in [5.74, 6) is 0. The van der Waals surface area contributed by atoms with Gasteiger partial charge in [0.05, 0.1) is 10.7 Å². The molecule has 2 N–H and O–H groups in total. The van der Waals surface area contributed by atoms with Crippen LogP contribution >= 0.6 is 11.6 Å². The lowest BCUT2D eigenvalue weighted by Gasteiger charge is -2.05. The van der Waals surface area contributed by atoms with E-state index in [0.29, 0.717) is 10.7 Å². The smallest absolute Gasteiger partial charge is 0.0713 e. The number of anilines is 1. The molecule has 0 fully saturated rings. The second kappa shape index (κ2) is 3.68. The van der Waals surface area contributed by atoms with Gasteiger partial charge in [-0.1, -0.05) is 23.7 Å². The van der Waals surface area contributed by atoms with Crippen LogP contribution in [0.2, 0.25) is 5.02 Å². The topological polar surface area (TPSA) is 38.9 Å². The summed E-state index contributed by atoms with van der Waals surface area (Å²) in [4.78, 5) is 3.95. The van der Waals surface area contributed by atoms with Crippen molar-refractivity contribution >= 4 is 17.3 Å². The van der Waals surface area contributed by atoms with Crippen LogP contribution in [-0.2, 0) is 0 Å². The van der Waals surface area contributed by atoms with Crippen LogP contribution in [0.25, 0.3) is 11.1 Å². The SMILES string of the molecule is Nc1cccc(-c2ccncc2)c1Cl. The van der Waals surface area contributed by atoms with Gasteiger partial charge in [-0.3, -0.25) is 4.98 Å². The number of hydrogen-bond donors (Lipinski definition) is 1. The van der Waals surface area contributed by atoms with E-state index in [0.717, 1.165) is 11.1 Å². The molecule has 0 atom stereocenters. The Labute approximate surface area is 87.4 Å². The molecule has 0 spiro atoms. The van der Waals surface area contributed by atoms with Crippen molar-refractivity contribution in [2.24, 2.45) is 0 Å². The van der Waals surface area contributed by atoms with Crippen molar-refractivity contribution in [3.8, 4) is 11.1 Å². The lowest BCUT2D eigenvalue weighted by Crippen LogP contribution is -1.88. The summed E-state index contributed by atoms with van der Waals surface area (Å²) in [6.45, 7) is 0. The van der Waals surface area contributed by atoms with Crippen molar-refractivity contribution in [1.82, 2.24) is 4.98 Å². The van der Waals surface area contributed by atoms with Crippen molar-refractivity contribution in [2.45, 2.75) is 0 Å². The van der Waals surface area contributed by atoms with Crippen LogP contribution in [0.1, 0.15) is 0 Å². The molecule has 0 saturated heterocycles. The predicted octanol–water partition coefficient (Wildman–Crippen LogP) is 2.98. The Kier molecular flexibility index (Phi) is 2.37. The Bertz CT molecular complexity index is 440. The number of hydrogen-bond acceptors (Lipinski definition) is 2. The summed E-state index contributed by atoms with van der Waals surface area (Å²) in [6.07, 6.45) is 3.46. The number of rotatable bonds is 1. The first-order chi connectivity index (χ1) is 6.79. The Morgan fingerprint density at radius 1 is 1.07 bits per heavy atom. The molecule has 1 aromatic carbocycles. The van der Waals surface area contributed by atoms with Crippen molar-refractivity contribution in [2.75, 3.05) is 5.73 Å². The highest BCUT2D eigenvalue weighted by molar-refractivity contribution is 6.35. The number of benzene rings is 1. The molecular weight excluding hydrogens is 196 g/mol. The van der Waals surface area contributed by atoms with Gasteiger partial charge in [0.25, 0.3) is 0 Å². The third kappa shape index (κ3) is 1.56. The maximum Gasteiger partial charge on any atom is 0.0713 e. The lowest BCUT2D eigenvalue weighted by atomic mass is 10.1. The Hall–Kier alpha value is -1.54. The summed E-state index contributed by atoms with van der Waals surface area (Å²) >= 11 is 6.08. The first-order valence-corrected chi connectivity index (χ1v) is 4.61. The predicted molar refractivity (Wildman–Crippen MR) is 59.1 cm³/mol. The fraction of sp³-hybridized carbons (Fsp3) is 0. The van der Waals surface area contributed by atoms with Crippen molar-refractivity contribution in [1.29, 1.82) is 0 Å². The van der Waals surface area contributed by atoms with Gasteiger partial charge in [-0.05, 0) is 23.8 Å². The summed E-state index contributed by atoms with van der Waals surface area (Å²) in [5, 5.41) is 0.596. The second-order valence-electron chi connectivity index (χ2n) is 2.94. The van der Waals surface area contributed by atoms with Gasteiger partial charge < -0.3 is 5.73 Å². The van der Waals surface area contributed by atoms with E-state index >= 15 is 0 Å². The largest absolute Gasteiger partial charge is 0.398 e. The number of nitrogens with two attached hydrogens (primary N) is 1. The summed E-state index contributed by atoms with van der Waals surface area (Å²) in [5.41, 5.74) is 8.27. The van der Waals surface area contributed by atoms with Crippen LogP contribution in [-0.4, -0.2) is 4.98 Å². The molecule has 0 radical (unpaired) electrons. The van der Waals surface area contributed by atoms with Crippen LogP contribution in [0.5, 0.6) is 0 Å². The maximum absolute atomic E-state index is 6.08. The van der Waals surface area contributed by atoms with Crippen LogP contribution in [0, 0.1) is 0 Å². The van der Waals surface area contributed by atoms with Crippen molar-refractivity contribution in [3.63, 3.8) is 0 Å². The van der Waals surface area contributed by atoms with Gasteiger partial charge in [0.2, 0.25) is 0 Å². The maximum atomic E-state index is 6.08. The number of nitrogen functional groups attached to an aromatic ring is 1. The number of nitrogens with zero attached hydrogens (tertiary/aromatic N) is 1. The molecule has 0 saturated carbocycles. The minimum atomic E-state index is 0.596. The minimum Gasteiger partial charge on any atom is -0.398 e. The normalized spacial score (nSPS) is 10.1. The molecule has 0 amide bonds. The van der Waals surface area contributed by atoms with Gasteiger partial charge in [0, 0.05) is 18.0 Å². The third-order valence-electron chi connectivity index (χ3n) is 2.02. The molecule has 0 bridgehead atoms. The van der Waals surface area contributed by atoms with Crippen LogP contribution in [0.15, 0.2) is 42.7 Å². The Morgan fingerprint density at radius 3 is 2.50 bits per heavy atom. The molecule has 0 aliphatic rings.